The summed E-state index contributed by atoms with van der Waals surface area (Å²) in [7, 11) is -0.421. The zero-order valence-electron chi connectivity index (χ0n) is 17.1. The first-order chi connectivity index (χ1) is 14.7. The van der Waals surface area contributed by atoms with Crippen LogP contribution in [0.3, 0.4) is 0 Å². The molecule has 3 saturated heterocycles. The first-order valence-electron chi connectivity index (χ1n) is 11.5. The molecule has 1 N–H and O–H groups in total. The van der Waals surface area contributed by atoms with E-state index in [2.05, 4.69) is 11.4 Å². The molecule has 1 aromatic heterocycles. The van der Waals surface area contributed by atoms with E-state index in [1.54, 1.807) is 6.26 Å². The van der Waals surface area contributed by atoms with Gasteiger partial charge in [-0.2, -0.15) is 0 Å². The van der Waals surface area contributed by atoms with E-state index in [-0.39, 0.29) is 42.2 Å². The van der Waals surface area contributed by atoms with Gasteiger partial charge >= 0.3 is 7.12 Å². The molecule has 4 fully saturated rings. The summed E-state index contributed by atoms with van der Waals surface area (Å²) in [6.45, 7) is 0. The highest BCUT2D eigenvalue weighted by atomic mass is 16.7. The van der Waals surface area contributed by atoms with Gasteiger partial charge < -0.3 is 23.8 Å². The zero-order chi connectivity index (χ0) is 20.1. The number of nitrogens with one attached hydrogen (secondary N) is 1. The Morgan fingerprint density at radius 1 is 1.07 bits per heavy atom. The van der Waals surface area contributed by atoms with E-state index in [1.807, 2.05) is 18.2 Å². The van der Waals surface area contributed by atoms with Crippen molar-refractivity contribution in [3.05, 3.63) is 36.1 Å². The summed E-state index contributed by atoms with van der Waals surface area (Å²) in [6, 6.07) is 8.01. The van der Waals surface area contributed by atoms with Crippen molar-refractivity contribution in [2.24, 2.45) is 5.92 Å². The fourth-order valence-corrected chi connectivity index (χ4v) is 5.79. The molecule has 6 atom stereocenters. The molecule has 4 aliphatic rings. The van der Waals surface area contributed by atoms with Crippen LogP contribution in [0.25, 0.3) is 11.0 Å². The molecular formula is C23H28BNO5. The van der Waals surface area contributed by atoms with Gasteiger partial charge in [0.15, 0.2) is 0 Å². The maximum atomic E-state index is 13.2. The Balaban J connectivity index is 1.23. The van der Waals surface area contributed by atoms with E-state index in [0.717, 1.165) is 48.6 Å². The highest BCUT2D eigenvalue weighted by Gasteiger charge is 2.48. The largest absolute Gasteiger partial charge is 0.481 e. The van der Waals surface area contributed by atoms with Crippen LogP contribution in [-0.4, -0.2) is 43.4 Å². The van der Waals surface area contributed by atoms with Crippen LogP contribution < -0.4 is 5.32 Å². The molecule has 6 rings (SSSR count). The van der Waals surface area contributed by atoms with Crippen LogP contribution >= 0.6 is 0 Å². The first-order valence-corrected chi connectivity index (χ1v) is 11.5. The maximum absolute atomic E-state index is 13.2. The van der Waals surface area contributed by atoms with Gasteiger partial charge in [-0.1, -0.05) is 31.0 Å². The molecule has 0 spiro atoms. The summed E-state index contributed by atoms with van der Waals surface area (Å²) in [4.78, 5) is 13.2. The second kappa shape index (κ2) is 7.70. The minimum atomic E-state index is -0.421. The molecule has 3 aliphatic heterocycles. The van der Waals surface area contributed by atoms with Crippen molar-refractivity contribution in [3.63, 3.8) is 0 Å². The van der Waals surface area contributed by atoms with Crippen LogP contribution in [0.2, 0.25) is 0 Å². The van der Waals surface area contributed by atoms with E-state index in [1.165, 1.54) is 12.8 Å². The van der Waals surface area contributed by atoms with Crippen molar-refractivity contribution >= 4 is 24.0 Å². The number of amides is 1. The third-order valence-electron chi connectivity index (χ3n) is 7.36. The lowest BCUT2D eigenvalue weighted by Crippen LogP contribution is -2.51. The van der Waals surface area contributed by atoms with Crippen molar-refractivity contribution in [1.29, 1.82) is 0 Å². The van der Waals surface area contributed by atoms with Crippen molar-refractivity contribution in [1.82, 2.24) is 5.32 Å². The van der Waals surface area contributed by atoms with E-state index in [0.29, 0.717) is 6.42 Å². The quantitative estimate of drug-likeness (QED) is 0.767. The van der Waals surface area contributed by atoms with Gasteiger partial charge in [0.1, 0.15) is 5.58 Å². The minimum absolute atomic E-state index is 0.0592. The van der Waals surface area contributed by atoms with E-state index < -0.39 is 7.12 Å². The molecular weight excluding hydrogens is 381 g/mol. The number of hydrogen-bond donors (Lipinski definition) is 1. The number of ether oxygens (including phenoxy) is 1. The molecule has 2 bridgehead atoms. The van der Waals surface area contributed by atoms with Gasteiger partial charge in [0, 0.05) is 5.39 Å². The number of rotatable bonds is 5. The van der Waals surface area contributed by atoms with Gasteiger partial charge in [-0.15, -0.1) is 0 Å². The maximum Gasteiger partial charge on any atom is 0.481 e. The summed E-state index contributed by atoms with van der Waals surface area (Å²) in [6.07, 6.45) is 10.4. The Hall–Kier alpha value is -1.83. The molecule has 1 saturated carbocycles. The molecule has 7 heteroatoms. The molecule has 6 unspecified atom stereocenters. The average molecular weight is 409 g/mol. The predicted octanol–water partition coefficient (Wildman–Crippen LogP) is 3.41. The van der Waals surface area contributed by atoms with Crippen LogP contribution in [0.15, 0.2) is 34.9 Å². The summed E-state index contributed by atoms with van der Waals surface area (Å²) >= 11 is 0. The Morgan fingerprint density at radius 2 is 1.87 bits per heavy atom. The Kier molecular flexibility index (Phi) is 4.85. The van der Waals surface area contributed by atoms with E-state index in [4.69, 9.17) is 18.5 Å². The SMILES string of the molecule is O=C(NC(Cc1coc2ccccc12)B1OC2CCCCC2O1)C1CC2CCC1O2. The van der Waals surface area contributed by atoms with Gasteiger partial charge in [-0.25, -0.2) is 0 Å². The lowest BCUT2D eigenvalue weighted by Gasteiger charge is -2.24. The number of benzene rings is 1. The normalized spacial score (nSPS) is 33.7. The van der Waals surface area contributed by atoms with Crippen molar-refractivity contribution in [3.8, 4) is 0 Å². The highest BCUT2D eigenvalue weighted by molar-refractivity contribution is 6.47. The molecule has 1 amide bonds. The molecule has 4 heterocycles. The summed E-state index contributed by atoms with van der Waals surface area (Å²) < 4.78 is 24.3. The fraction of sp³-hybridized carbons (Fsp3) is 0.609. The lowest BCUT2D eigenvalue weighted by atomic mass is 9.74. The fourth-order valence-electron chi connectivity index (χ4n) is 5.79. The number of carbonyl (C=O) groups excluding carboxylic acids is 1. The predicted molar refractivity (Wildman–Crippen MR) is 112 cm³/mol. The molecule has 1 aliphatic carbocycles. The second-order valence-electron chi connectivity index (χ2n) is 9.29. The monoisotopic (exact) mass is 409 g/mol. The molecule has 6 nitrogen and oxygen atoms in total. The molecule has 1 aromatic carbocycles. The minimum Gasteiger partial charge on any atom is -0.464 e. The number of para-hydroxylation sites is 1. The number of fused-ring (bicyclic) bond motifs is 4. The summed E-state index contributed by atoms with van der Waals surface area (Å²) in [5.74, 6) is -0.235. The Labute approximate surface area is 176 Å². The second-order valence-corrected chi connectivity index (χ2v) is 9.29. The topological polar surface area (TPSA) is 69.9 Å². The van der Waals surface area contributed by atoms with Gasteiger partial charge in [-0.05, 0) is 50.2 Å². The Morgan fingerprint density at radius 3 is 2.60 bits per heavy atom. The highest BCUT2D eigenvalue weighted by Crippen LogP contribution is 2.39. The standard InChI is InChI=1S/C23H28BNO5/c26-23(17-12-15-9-10-19(17)28-15)25-22(24-29-20-7-3-4-8-21(20)30-24)11-14-13-27-18-6-2-1-5-16(14)18/h1-2,5-6,13,15,17,19-22H,3-4,7-12H2,(H,25,26). The van der Waals surface area contributed by atoms with Gasteiger partial charge in [0.2, 0.25) is 5.91 Å². The van der Waals surface area contributed by atoms with Crippen LogP contribution in [0.5, 0.6) is 0 Å². The van der Waals surface area contributed by atoms with E-state index in [9.17, 15) is 4.79 Å². The van der Waals surface area contributed by atoms with Crippen molar-refractivity contribution < 1.29 is 23.3 Å². The van der Waals surface area contributed by atoms with Crippen LogP contribution in [0.4, 0.5) is 0 Å². The van der Waals surface area contributed by atoms with Crippen LogP contribution in [0, 0.1) is 5.92 Å². The van der Waals surface area contributed by atoms with Crippen LogP contribution in [0.1, 0.15) is 50.5 Å². The number of carbonyl (C=O) groups is 1. The molecule has 158 valence electrons. The van der Waals surface area contributed by atoms with Crippen LogP contribution in [-0.2, 0) is 25.3 Å². The number of hydrogen-bond acceptors (Lipinski definition) is 5. The Bertz CT molecular complexity index is 917. The lowest BCUT2D eigenvalue weighted by molar-refractivity contribution is -0.126. The summed E-state index contributed by atoms with van der Waals surface area (Å²) in [5.41, 5.74) is 1.93. The van der Waals surface area contributed by atoms with Crippen molar-refractivity contribution in [2.45, 2.75) is 81.7 Å². The zero-order valence-corrected chi connectivity index (χ0v) is 17.1. The molecule has 2 aromatic rings. The smallest absolute Gasteiger partial charge is 0.464 e. The van der Waals surface area contributed by atoms with Gasteiger partial charge in [-0.3, -0.25) is 4.79 Å². The van der Waals surface area contributed by atoms with Gasteiger partial charge in [0.05, 0.1) is 42.5 Å². The first kappa shape index (κ1) is 18.9. The molecule has 0 radical (unpaired) electrons. The third-order valence-corrected chi connectivity index (χ3v) is 7.36. The summed E-state index contributed by atoms with van der Waals surface area (Å²) in [5, 5.41) is 4.37. The average Bonchev–Trinajstić information content (AvgIpc) is 3.55. The third kappa shape index (κ3) is 3.37. The van der Waals surface area contributed by atoms with Crippen molar-refractivity contribution in [2.75, 3.05) is 0 Å². The number of furan rings is 1. The van der Waals surface area contributed by atoms with E-state index >= 15 is 0 Å². The van der Waals surface area contributed by atoms with Gasteiger partial charge in [0.25, 0.3) is 0 Å². The molecule has 30 heavy (non-hydrogen) atoms.